The Labute approximate surface area is 180 Å². The molecule has 0 aliphatic heterocycles. The van der Waals surface area contributed by atoms with Gasteiger partial charge in [-0.1, -0.05) is 51.3 Å². The molecule has 8 heteroatoms. The molecule has 0 radical (unpaired) electrons. The minimum Gasteiger partial charge on any atom is -0.449 e. The molecule has 3 rings (SSSR count). The summed E-state index contributed by atoms with van der Waals surface area (Å²) in [6, 6.07) is 6.48. The zero-order valence-corrected chi connectivity index (χ0v) is 18.1. The van der Waals surface area contributed by atoms with Crippen LogP contribution in [-0.4, -0.2) is 29.3 Å². The zero-order valence-electron chi connectivity index (χ0n) is 17.3. The van der Waals surface area contributed by atoms with Gasteiger partial charge in [-0.25, -0.2) is 9.59 Å². The maximum Gasteiger partial charge on any atom is 0.375 e. The maximum atomic E-state index is 13.0. The Morgan fingerprint density at radius 1 is 1.20 bits per heavy atom. The smallest absolute Gasteiger partial charge is 0.375 e. The Kier molecular flexibility index (Phi) is 7.42. The molecular formula is C22H28N2O5S. The van der Waals surface area contributed by atoms with E-state index in [9.17, 15) is 14.4 Å². The number of thioether (sulfide) groups is 1. The number of imide groups is 1. The fraction of sp³-hybridized carbons (Fsp3) is 0.500. The molecule has 162 valence electrons. The average molecular weight is 433 g/mol. The summed E-state index contributed by atoms with van der Waals surface area (Å²) >= 11 is 1.83. The summed E-state index contributed by atoms with van der Waals surface area (Å²) in [4.78, 5) is 36.2. The molecule has 0 saturated heterocycles. The summed E-state index contributed by atoms with van der Waals surface area (Å²) in [6.45, 7) is 3.44. The zero-order chi connectivity index (χ0) is 21.7. The number of hydrogen-bond acceptors (Lipinski definition) is 6. The van der Waals surface area contributed by atoms with Crippen LogP contribution in [0.1, 0.15) is 62.1 Å². The first-order valence-electron chi connectivity index (χ1n) is 10.3. The third-order valence-electron chi connectivity index (χ3n) is 5.24. The summed E-state index contributed by atoms with van der Waals surface area (Å²) in [5.41, 5.74) is 6.41. The Morgan fingerprint density at radius 3 is 2.57 bits per heavy atom. The van der Waals surface area contributed by atoms with E-state index < -0.39 is 24.0 Å². The van der Waals surface area contributed by atoms with Crippen molar-refractivity contribution in [1.82, 2.24) is 5.32 Å². The first kappa shape index (κ1) is 22.2. The second-order valence-electron chi connectivity index (χ2n) is 7.90. The van der Waals surface area contributed by atoms with Crippen LogP contribution in [0.5, 0.6) is 0 Å². The van der Waals surface area contributed by atoms with Crippen molar-refractivity contribution in [3.63, 3.8) is 0 Å². The molecule has 0 bridgehead atoms. The Morgan fingerprint density at radius 2 is 1.90 bits per heavy atom. The van der Waals surface area contributed by atoms with E-state index in [1.807, 2.05) is 35.3 Å². The summed E-state index contributed by atoms with van der Waals surface area (Å²) in [5, 5.41) is 3.42. The van der Waals surface area contributed by atoms with Crippen molar-refractivity contribution in [2.24, 2.45) is 11.7 Å². The largest absolute Gasteiger partial charge is 0.449 e. The van der Waals surface area contributed by atoms with Crippen LogP contribution in [0.2, 0.25) is 0 Å². The highest BCUT2D eigenvalue weighted by Gasteiger charge is 2.31. The van der Waals surface area contributed by atoms with Gasteiger partial charge in [0.05, 0.1) is 0 Å². The molecule has 2 aromatic rings. The van der Waals surface area contributed by atoms with Crippen molar-refractivity contribution >= 4 is 40.6 Å². The highest BCUT2D eigenvalue weighted by molar-refractivity contribution is 7.99. The van der Waals surface area contributed by atoms with E-state index in [0.717, 1.165) is 10.9 Å². The number of nitrogens with two attached hydrogens (primary N) is 1. The van der Waals surface area contributed by atoms with Crippen LogP contribution in [0, 0.1) is 5.92 Å². The number of primary amides is 1. The SMILES string of the molecule is CC(C)[C@@H](OC(=O)c1oc2ccccc2c1CSC1CCCCC1)C(=O)NC(N)=O. The summed E-state index contributed by atoms with van der Waals surface area (Å²) in [5.74, 6) is -1.08. The fourth-order valence-corrected chi connectivity index (χ4v) is 5.05. The van der Waals surface area contributed by atoms with E-state index >= 15 is 0 Å². The molecule has 1 aromatic carbocycles. The minimum absolute atomic E-state index is 0.108. The molecule has 7 nitrogen and oxygen atoms in total. The van der Waals surface area contributed by atoms with E-state index in [2.05, 4.69) is 0 Å². The lowest BCUT2D eigenvalue weighted by Gasteiger charge is -2.21. The van der Waals surface area contributed by atoms with Gasteiger partial charge in [-0.05, 0) is 24.8 Å². The Balaban J connectivity index is 1.83. The summed E-state index contributed by atoms with van der Waals surface area (Å²) in [7, 11) is 0. The number of esters is 1. The Hall–Kier alpha value is -2.48. The third-order valence-corrected chi connectivity index (χ3v) is 6.64. The molecular weight excluding hydrogens is 404 g/mol. The van der Waals surface area contributed by atoms with Gasteiger partial charge in [-0.2, -0.15) is 11.8 Å². The van der Waals surface area contributed by atoms with Crippen LogP contribution in [0.4, 0.5) is 4.79 Å². The predicted octanol–water partition coefficient (Wildman–Crippen LogP) is 4.38. The molecule has 3 amide bonds. The van der Waals surface area contributed by atoms with Crippen LogP contribution in [0.25, 0.3) is 11.0 Å². The average Bonchev–Trinajstić information content (AvgIpc) is 3.09. The fourth-order valence-electron chi connectivity index (χ4n) is 3.69. The van der Waals surface area contributed by atoms with Gasteiger partial charge >= 0.3 is 12.0 Å². The highest BCUT2D eigenvalue weighted by Crippen LogP contribution is 2.35. The predicted molar refractivity (Wildman–Crippen MR) is 116 cm³/mol. The standard InChI is InChI=1S/C22H28N2O5S/c1-13(2)18(20(25)24-22(23)27)29-21(26)19-16(12-30-14-8-4-3-5-9-14)15-10-6-7-11-17(15)28-19/h6-7,10-11,13-14,18H,3-5,8-9,12H2,1-2H3,(H3,23,24,25,27)/t18-/m1/s1. The molecule has 1 aliphatic rings. The van der Waals surface area contributed by atoms with Crippen LogP contribution >= 0.6 is 11.8 Å². The summed E-state index contributed by atoms with van der Waals surface area (Å²) in [6.07, 6.45) is 4.98. The summed E-state index contributed by atoms with van der Waals surface area (Å²) < 4.78 is 11.3. The normalized spacial score (nSPS) is 15.8. The van der Waals surface area contributed by atoms with Gasteiger partial charge < -0.3 is 14.9 Å². The number of nitrogens with one attached hydrogen (secondary N) is 1. The van der Waals surface area contributed by atoms with Crippen molar-refractivity contribution in [2.45, 2.75) is 63.1 Å². The molecule has 1 saturated carbocycles. The van der Waals surface area contributed by atoms with Crippen molar-refractivity contribution in [3.05, 3.63) is 35.6 Å². The molecule has 1 atom stereocenters. The number of rotatable bonds is 7. The number of carbonyl (C=O) groups is 3. The quantitative estimate of drug-likeness (QED) is 0.628. The van der Waals surface area contributed by atoms with Gasteiger partial charge in [0.15, 0.2) is 6.10 Å². The van der Waals surface area contributed by atoms with Gasteiger partial charge in [0, 0.05) is 22.0 Å². The lowest BCUT2D eigenvalue weighted by Crippen LogP contribution is -2.45. The number of amides is 3. The van der Waals surface area contributed by atoms with E-state index in [1.54, 1.807) is 19.9 Å². The molecule has 3 N–H and O–H groups in total. The molecule has 30 heavy (non-hydrogen) atoms. The number of furan rings is 1. The van der Waals surface area contributed by atoms with Crippen LogP contribution in [0.3, 0.4) is 0 Å². The highest BCUT2D eigenvalue weighted by atomic mass is 32.2. The first-order valence-corrected chi connectivity index (χ1v) is 11.3. The van der Waals surface area contributed by atoms with Crippen molar-refractivity contribution < 1.29 is 23.5 Å². The van der Waals surface area contributed by atoms with Crippen molar-refractivity contribution in [1.29, 1.82) is 0 Å². The monoisotopic (exact) mass is 432 g/mol. The number of para-hydroxylation sites is 1. The second kappa shape index (κ2) is 10.0. The molecule has 0 unspecified atom stereocenters. The van der Waals surface area contributed by atoms with Gasteiger partial charge in [0.25, 0.3) is 5.91 Å². The number of hydrogen-bond donors (Lipinski definition) is 2. The lowest BCUT2D eigenvalue weighted by molar-refractivity contribution is -0.131. The van der Waals surface area contributed by atoms with Crippen LogP contribution < -0.4 is 11.1 Å². The van der Waals surface area contributed by atoms with Gasteiger partial charge in [0.1, 0.15) is 5.58 Å². The topological polar surface area (TPSA) is 112 Å². The van der Waals surface area contributed by atoms with Gasteiger partial charge in [-0.15, -0.1) is 0 Å². The molecule has 0 spiro atoms. The van der Waals surface area contributed by atoms with Crippen LogP contribution in [0.15, 0.2) is 28.7 Å². The molecule has 1 heterocycles. The van der Waals surface area contributed by atoms with E-state index in [1.165, 1.54) is 32.1 Å². The lowest BCUT2D eigenvalue weighted by atomic mass is 10.0. The van der Waals surface area contributed by atoms with E-state index in [0.29, 0.717) is 16.6 Å². The number of carbonyl (C=O) groups excluding carboxylic acids is 3. The maximum absolute atomic E-state index is 13.0. The van der Waals surface area contributed by atoms with Crippen molar-refractivity contribution in [2.75, 3.05) is 0 Å². The number of fused-ring (bicyclic) bond motifs is 1. The van der Waals surface area contributed by atoms with E-state index in [4.69, 9.17) is 14.9 Å². The Bertz CT molecular complexity index is 917. The second-order valence-corrected chi connectivity index (χ2v) is 9.19. The van der Waals surface area contributed by atoms with Crippen LogP contribution in [-0.2, 0) is 15.3 Å². The van der Waals surface area contributed by atoms with Crippen molar-refractivity contribution in [3.8, 4) is 0 Å². The minimum atomic E-state index is -1.16. The number of benzene rings is 1. The number of urea groups is 1. The number of ether oxygens (including phenoxy) is 1. The van der Waals surface area contributed by atoms with Gasteiger partial charge in [-0.3, -0.25) is 10.1 Å². The molecule has 1 fully saturated rings. The third kappa shape index (κ3) is 5.36. The first-order chi connectivity index (χ1) is 14.4. The van der Waals surface area contributed by atoms with E-state index in [-0.39, 0.29) is 11.7 Å². The molecule has 1 aliphatic carbocycles. The molecule has 1 aromatic heterocycles. The van der Waals surface area contributed by atoms with Gasteiger partial charge in [0.2, 0.25) is 5.76 Å².